The molecule has 3 unspecified atom stereocenters. The summed E-state index contributed by atoms with van der Waals surface area (Å²) in [5.74, 6) is 1.56. The summed E-state index contributed by atoms with van der Waals surface area (Å²) in [5.41, 5.74) is 1.14. The zero-order chi connectivity index (χ0) is 17.4. The average Bonchev–Trinajstić information content (AvgIpc) is 2.62. The van der Waals surface area contributed by atoms with Crippen LogP contribution in [0.3, 0.4) is 0 Å². The van der Waals surface area contributed by atoms with E-state index in [1.165, 1.54) is 0 Å². The van der Waals surface area contributed by atoms with Crippen LogP contribution in [-0.2, 0) is 17.2 Å². The smallest absolute Gasteiger partial charge is 0.191 e. The number of halogens is 1. The van der Waals surface area contributed by atoms with E-state index >= 15 is 0 Å². The Kier molecular flexibility index (Phi) is 7.99. The van der Waals surface area contributed by atoms with Gasteiger partial charge in [0.1, 0.15) is 5.15 Å². The molecule has 1 saturated carbocycles. The van der Waals surface area contributed by atoms with E-state index in [2.05, 4.69) is 20.6 Å². The summed E-state index contributed by atoms with van der Waals surface area (Å²) in [7, 11) is 1.08. The summed E-state index contributed by atoms with van der Waals surface area (Å²) in [6.07, 6.45) is 6.93. The summed E-state index contributed by atoms with van der Waals surface area (Å²) >= 11 is 5.79. The Morgan fingerprint density at radius 1 is 1.46 bits per heavy atom. The zero-order valence-corrected chi connectivity index (χ0v) is 16.0. The van der Waals surface area contributed by atoms with Gasteiger partial charge < -0.3 is 10.6 Å². The Bertz CT molecular complexity index is 564. The van der Waals surface area contributed by atoms with Crippen molar-refractivity contribution in [2.45, 2.75) is 50.3 Å². The maximum absolute atomic E-state index is 12.0. The Balaban J connectivity index is 1.77. The lowest BCUT2D eigenvalue weighted by molar-refractivity contribution is 0.413. The minimum atomic E-state index is -0.701. The molecule has 5 nitrogen and oxygen atoms in total. The molecule has 24 heavy (non-hydrogen) atoms. The number of guanidine groups is 1. The van der Waals surface area contributed by atoms with E-state index in [1.54, 1.807) is 19.3 Å². The number of nitrogens with zero attached hydrogens (tertiary/aromatic N) is 2. The second-order valence-corrected chi connectivity index (χ2v) is 8.43. The van der Waals surface area contributed by atoms with E-state index in [0.29, 0.717) is 16.4 Å². The number of aromatic nitrogens is 1. The highest BCUT2D eigenvalue weighted by molar-refractivity contribution is 7.85. The van der Waals surface area contributed by atoms with Crippen molar-refractivity contribution in [3.05, 3.63) is 29.0 Å². The molecular weight excluding hydrogens is 344 g/mol. The fourth-order valence-corrected chi connectivity index (χ4v) is 4.48. The fraction of sp³-hybridized carbons (Fsp3) is 0.647. The van der Waals surface area contributed by atoms with Gasteiger partial charge in [0.25, 0.3) is 0 Å². The molecule has 3 atom stereocenters. The van der Waals surface area contributed by atoms with E-state index in [0.717, 1.165) is 55.9 Å². The van der Waals surface area contributed by atoms with Crippen LogP contribution in [0.1, 0.15) is 38.2 Å². The molecule has 2 rings (SSSR count). The van der Waals surface area contributed by atoms with Crippen molar-refractivity contribution in [3.8, 4) is 0 Å². The van der Waals surface area contributed by atoms with Gasteiger partial charge in [0, 0.05) is 47.6 Å². The lowest BCUT2D eigenvalue weighted by atomic mass is 9.95. The third-order valence-corrected chi connectivity index (χ3v) is 6.31. The predicted molar refractivity (Wildman–Crippen MR) is 102 cm³/mol. The molecule has 0 amide bonds. The highest BCUT2D eigenvalue weighted by Gasteiger charge is 2.25. The lowest BCUT2D eigenvalue weighted by Gasteiger charge is -2.30. The van der Waals surface area contributed by atoms with E-state index in [1.807, 2.05) is 13.0 Å². The molecule has 0 spiro atoms. The van der Waals surface area contributed by atoms with E-state index in [9.17, 15) is 4.21 Å². The van der Waals surface area contributed by atoms with Crippen molar-refractivity contribution >= 4 is 28.4 Å². The molecule has 2 N–H and O–H groups in total. The van der Waals surface area contributed by atoms with Gasteiger partial charge in [-0.15, -0.1) is 0 Å². The first-order valence-electron chi connectivity index (χ1n) is 8.57. The number of hydrogen-bond acceptors (Lipinski definition) is 3. The molecule has 1 aromatic heterocycles. The summed E-state index contributed by atoms with van der Waals surface area (Å²) < 4.78 is 12.0. The summed E-state index contributed by atoms with van der Waals surface area (Å²) in [6, 6.07) is 4.14. The van der Waals surface area contributed by atoms with Crippen LogP contribution in [0.2, 0.25) is 5.15 Å². The van der Waals surface area contributed by atoms with Crippen LogP contribution in [0.5, 0.6) is 0 Å². The number of pyridine rings is 1. The molecule has 1 aliphatic carbocycles. The second-order valence-electron chi connectivity index (χ2n) is 6.04. The van der Waals surface area contributed by atoms with Crippen LogP contribution in [0, 0.1) is 0 Å². The van der Waals surface area contributed by atoms with Crippen LogP contribution < -0.4 is 10.6 Å². The molecule has 134 valence electrons. The molecule has 0 saturated heterocycles. The summed E-state index contributed by atoms with van der Waals surface area (Å²) in [6.45, 7) is 2.78. The highest BCUT2D eigenvalue weighted by atomic mass is 35.5. The van der Waals surface area contributed by atoms with Gasteiger partial charge in [-0.05, 0) is 37.3 Å². The minimum Gasteiger partial charge on any atom is -0.356 e. The monoisotopic (exact) mass is 370 g/mol. The average molecular weight is 371 g/mol. The van der Waals surface area contributed by atoms with Gasteiger partial charge in [0.15, 0.2) is 5.96 Å². The van der Waals surface area contributed by atoms with Crippen molar-refractivity contribution in [2.24, 2.45) is 4.99 Å². The first-order valence-corrected chi connectivity index (χ1v) is 10.3. The molecule has 0 radical (unpaired) electrons. The molecular formula is C17H27ClN4OS. The van der Waals surface area contributed by atoms with Crippen molar-refractivity contribution in [3.63, 3.8) is 0 Å². The van der Waals surface area contributed by atoms with Crippen LogP contribution in [0.4, 0.5) is 0 Å². The van der Waals surface area contributed by atoms with E-state index in [4.69, 9.17) is 11.6 Å². The number of nitrogens with one attached hydrogen (secondary N) is 2. The number of aliphatic imine (C=N–C) groups is 1. The molecule has 0 aliphatic heterocycles. The van der Waals surface area contributed by atoms with Crippen molar-refractivity contribution in [2.75, 3.05) is 19.3 Å². The first kappa shape index (κ1) is 19.2. The van der Waals surface area contributed by atoms with Gasteiger partial charge >= 0.3 is 0 Å². The van der Waals surface area contributed by atoms with Gasteiger partial charge in [0.05, 0.1) is 0 Å². The van der Waals surface area contributed by atoms with Gasteiger partial charge in [-0.1, -0.05) is 31.0 Å². The van der Waals surface area contributed by atoms with Crippen molar-refractivity contribution < 1.29 is 4.21 Å². The summed E-state index contributed by atoms with van der Waals surface area (Å²) in [4.78, 5) is 8.39. The van der Waals surface area contributed by atoms with Gasteiger partial charge in [0.2, 0.25) is 0 Å². The van der Waals surface area contributed by atoms with Crippen LogP contribution >= 0.6 is 11.6 Å². The molecule has 0 aromatic carbocycles. The number of rotatable bonds is 6. The molecule has 1 fully saturated rings. The zero-order valence-electron chi connectivity index (χ0n) is 14.4. The highest BCUT2D eigenvalue weighted by Crippen LogP contribution is 2.22. The quantitative estimate of drug-likeness (QED) is 0.458. The molecule has 1 heterocycles. The SMILES string of the molecule is CCS(=O)C1CCCC(NC(=NC)NCCc2ccc(Cl)nc2)C1. The van der Waals surface area contributed by atoms with Crippen molar-refractivity contribution in [1.29, 1.82) is 0 Å². The van der Waals surface area contributed by atoms with Gasteiger partial charge in [-0.3, -0.25) is 9.20 Å². The summed E-state index contributed by atoms with van der Waals surface area (Å²) in [5, 5.41) is 7.65. The Hall–Kier alpha value is -1.14. The minimum absolute atomic E-state index is 0.319. The van der Waals surface area contributed by atoms with E-state index in [-0.39, 0.29) is 0 Å². The Morgan fingerprint density at radius 2 is 2.29 bits per heavy atom. The molecule has 1 aliphatic rings. The maximum atomic E-state index is 12.0. The largest absolute Gasteiger partial charge is 0.356 e. The normalized spacial score (nSPS) is 22.9. The second kappa shape index (κ2) is 9.99. The Labute approximate surface area is 152 Å². The number of hydrogen-bond donors (Lipinski definition) is 2. The van der Waals surface area contributed by atoms with Crippen LogP contribution in [-0.4, -0.2) is 45.8 Å². The van der Waals surface area contributed by atoms with Crippen molar-refractivity contribution in [1.82, 2.24) is 15.6 Å². The Morgan fingerprint density at radius 3 is 2.96 bits per heavy atom. The topological polar surface area (TPSA) is 66.4 Å². The third-order valence-electron chi connectivity index (χ3n) is 4.34. The first-order chi connectivity index (χ1) is 11.6. The molecule has 0 bridgehead atoms. The standard InChI is InChI=1S/C17H27ClN4OS/c1-3-24(23)15-6-4-5-14(11-15)22-17(19-2)20-10-9-13-7-8-16(18)21-12-13/h7-8,12,14-15H,3-6,9-11H2,1-2H3,(H2,19,20,22). The predicted octanol–water partition coefficient (Wildman–Crippen LogP) is 2.52. The fourth-order valence-electron chi connectivity index (χ4n) is 3.02. The lowest BCUT2D eigenvalue weighted by Crippen LogP contribution is -2.47. The van der Waals surface area contributed by atoms with Crippen LogP contribution in [0.15, 0.2) is 23.3 Å². The van der Waals surface area contributed by atoms with Gasteiger partial charge in [-0.25, -0.2) is 4.98 Å². The third kappa shape index (κ3) is 6.06. The molecule has 1 aromatic rings. The molecule has 7 heteroatoms. The van der Waals surface area contributed by atoms with Gasteiger partial charge in [-0.2, -0.15) is 0 Å². The van der Waals surface area contributed by atoms with E-state index < -0.39 is 10.8 Å². The van der Waals surface area contributed by atoms with Crippen LogP contribution in [0.25, 0.3) is 0 Å². The maximum Gasteiger partial charge on any atom is 0.191 e.